The summed E-state index contributed by atoms with van der Waals surface area (Å²) < 4.78 is 33.5. The number of sulfonamides is 1. The summed E-state index contributed by atoms with van der Waals surface area (Å²) >= 11 is 0. The largest absolute Gasteiger partial charge is 0.477 e. The third-order valence-electron chi connectivity index (χ3n) is 4.80. The van der Waals surface area contributed by atoms with Gasteiger partial charge in [-0.15, -0.1) is 0 Å². The van der Waals surface area contributed by atoms with E-state index in [1.54, 1.807) is 32.2 Å². The van der Waals surface area contributed by atoms with Gasteiger partial charge in [-0.3, -0.25) is 4.72 Å². The number of pyridine rings is 2. The van der Waals surface area contributed by atoms with E-state index in [2.05, 4.69) is 14.7 Å². The van der Waals surface area contributed by atoms with Gasteiger partial charge in [-0.25, -0.2) is 18.4 Å². The lowest BCUT2D eigenvalue weighted by Gasteiger charge is -2.17. The van der Waals surface area contributed by atoms with Gasteiger partial charge in [0.15, 0.2) is 5.82 Å². The molecule has 0 saturated heterocycles. The maximum absolute atomic E-state index is 12.0. The lowest BCUT2D eigenvalue weighted by molar-refractivity contribution is 0.180. The second-order valence-corrected chi connectivity index (χ2v) is 9.04. The summed E-state index contributed by atoms with van der Waals surface area (Å²) in [6.07, 6.45) is 5.37. The molecule has 148 valence electrons. The molecular formula is C19H22N4O4S. The highest BCUT2D eigenvalue weighted by molar-refractivity contribution is 7.92. The molecule has 8 nitrogen and oxygen atoms in total. The maximum atomic E-state index is 12.0. The van der Waals surface area contributed by atoms with E-state index in [1.807, 2.05) is 6.07 Å². The van der Waals surface area contributed by atoms with Crippen molar-refractivity contribution in [1.29, 1.82) is 0 Å². The Hall–Kier alpha value is -2.81. The van der Waals surface area contributed by atoms with Crippen molar-refractivity contribution in [2.75, 3.05) is 17.1 Å². The summed E-state index contributed by atoms with van der Waals surface area (Å²) in [6.45, 7) is 3.91. The number of nitrogens with one attached hydrogen (secondary N) is 1. The van der Waals surface area contributed by atoms with Crippen molar-refractivity contribution in [2.45, 2.75) is 26.7 Å². The van der Waals surface area contributed by atoms with Crippen molar-refractivity contribution in [1.82, 2.24) is 14.7 Å². The number of fused-ring (bicyclic) bond motifs is 1. The van der Waals surface area contributed by atoms with Crippen LogP contribution in [0.3, 0.4) is 0 Å². The molecule has 4 rings (SSSR count). The molecule has 0 atom stereocenters. The SMILES string of the molecule is CCS(=O)(=O)Nc1cnc(OCC2CC2)c(-c2cc(C)n(O)c3nccc2-3)c1. The molecule has 1 aromatic heterocycles. The average molecular weight is 402 g/mol. The van der Waals surface area contributed by atoms with Crippen LogP contribution in [0, 0.1) is 12.8 Å². The van der Waals surface area contributed by atoms with Crippen molar-refractivity contribution in [3.05, 3.63) is 36.3 Å². The minimum Gasteiger partial charge on any atom is -0.477 e. The van der Waals surface area contributed by atoms with Crippen molar-refractivity contribution in [3.8, 4) is 28.4 Å². The van der Waals surface area contributed by atoms with Crippen LogP contribution in [0.25, 0.3) is 22.5 Å². The Balaban J connectivity index is 1.83. The van der Waals surface area contributed by atoms with E-state index >= 15 is 0 Å². The molecule has 9 heteroatoms. The highest BCUT2D eigenvalue weighted by atomic mass is 32.2. The molecule has 1 fully saturated rings. The van der Waals surface area contributed by atoms with Crippen LogP contribution in [-0.2, 0) is 10.0 Å². The molecule has 1 aliphatic carbocycles. The Labute approximate surface area is 163 Å². The molecule has 0 unspecified atom stereocenters. The Bertz CT molecular complexity index is 1090. The van der Waals surface area contributed by atoms with Crippen molar-refractivity contribution in [3.63, 3.8) is 0 Å². The predicted octanol–water partition coefficient (Wildman–Crippen LogP) is 3.15. The standard InChI is InChI=1S/C19H22N4O4S/c1-3-28(25,26)22-14-9-17(19(21-10-14)27-11-13-4-5-13)16-8-12(2)23(24)18-15(16)6-7-20-18/h6-10,13,22,24H,3-5,11H2,1-2H3. The summed E-state index contributed by atoms with van der Waals surface area (Å²) in [7, 11) is -3.43. The molecule has 0 aromatic carbocycles. The van der Waals surface area contributed by atoms with Crippen LogP contribution < -0.4 is 9.46 Å². The van der Waals surface area contributed by atoms with Gasteiger partial charge in [0.05, 0.1) is 29.9 Å². The number of ether oxygens (including phenoxy) is 1. The fourth-order valence-electron chi connectivity index (χ4n) is 2.99. The molecule has 1 aromatic rings. The van der Waals surface area contributed by atoms with Crippen LogP contribution in [0.5, 0.6) is 5.88 Å². The van der Waals surface area contributed by atoms with Crippen LogP contribution in [-0.4, -0.2) is 40.7 Å². The van der Waals surface area contributed by atoms with Gasteiger partial charge in [-0.2, -0.15) is 4.73 Å². The van der Waals surface area contributed by atoms with Crippen LogP contribution >= 0.6 is 0 Å². The molecule has 28 heavy (non-hydrogen) atoms. The maximum Gasteiger partial charge on any atom is 0.232 e. The number of nitrogens with zero attached hydrogens (tertiary/aromatic N) is 3. The molecule has 0 radical (unpaired) electrons. The topological polar surface area (TPSA) is 106 Å². The Morgan fingerprint density at radius 2 is 2.04 bits per heavy atom. The van der Waals surface area contributed by atoms with Crippen molar-refractivity contribution >= 4 is 15.7 Å². The van der Waals surface area contributed by atoms with E-state index in [0.29, 0.717) is 41.2 Å². The zero-order valence-corrected chi connectivity index (χ0v) is 16.5. The van der Waals surface area contributed by atoms with Gasteiger partial charge in [0.1, 0.15) is 0 Å². The molecule has 3 heterocycles. The summed E-state index contributed by atoms with van der Waals surface area (Å²) in [5, 5.41) is 10.2. The first-order chi connectivity index (χ1) is 13.4. The fourth-order valence-corrected chi connectivity index (χ4v) is 3.61. The van der Waals surface area contributed by atoms with Gasteiger partial charge in [0.25, 0.3) is 0 Å². The molecule has 2 N–H and O–H groups in total. The minimum atomic E-state index is -3.43. The number of anilines is 1. The molecule has 0 spiro atoms. The molecule has 0 amide bonds. The van der Waals surface area contributed by atoms with E-state index in [9.17, 15) is 13.6 Å². The van der Waals surface area contributed by atoms with Gasteiger partial charge < -0.3 is 9.94 Å². The van der Waals surface area contributed by atoms with Crippen LogP contribution in [0.2, 0.25) is 0 Å². The van der Waals surface area contributed by atoms with Crippen LogP contribution in [0.1, 0.15) is 25.5 Å². The number of rotatable bonds is 7. The molecule has 1 saturated carbocycles. The summed E-state index contributed by atoms with van der Waals surface area (Å²) in [5.41, 5.74) is 3.10. The average Bonchev–Trinajstić information content (AvgIpc) is 3.37. The number of hydrogen-bond acceptors (Lipinski definition) is 6. The second kappa shape index (κ2) is 6.97. The monoisotopic (exact) mass is 402 g/mol. The van der Waals surface area contributed by atoms with Gasteiger partial charge in [0.2, 0.25) is 15.9 Å². The van der Waals surface area contributed by atoms with Gasteiger partial charge in [-0.1, -0.05) is 0 Å². The van der Waals surface area contributed by atoms with E-state index < -0.39 is 10.0 Å². The Kier molecular flexibility index (Phi) is 4.62. The smallest absolute Gasteiger partial charge is 0.232 e. The fraction of sp³-hybridized carbons (Fsp3) is 0.368. The molecule has 0 bridgehead atoms. The first kappa shape index (κ1) is 18.5. The highest BCUT2D eigenvalue weighted by Crippen LogP contribution is 2.40. The Morgan fingerprint density at radius 1 is 1.25 bits per heavy atom. The van der Waals surface area contributed by atoms with Crippen LogP contribution in [0.15, 0.2) is 30.6 Å². The van der Waals surface area contributed by atoms with E-state index in [0.717, 1.165) is 28.7 Å². The van der Waals surface area contributed by atoms with Gasteiger partial charge in [-0.05, 0) is 50.8 Å². The van der Waals surface area contributed by atoms with Gasteiger partial charge >= 0.3 is 0 Å². The Morgan fingerprint density at radius 3 is 2.75 bits per heavy atom. The third-order valence-corrected chi connectivity index (χ3v) is 6.11. The first-order valence-corrected chi connectivity index (χ1v) is 10.8. The van der Waals surface area contributed by atoms with Crippen LogP contribution in [0.4, 0.5) is 5.69 Å². The van der Waals surface area contributed by atoms with E-state index in [1.165, 1.54) is 6.20 Å². The third kappa shape index (κ3) is 3.62. The summed E-state index contributed by atoms with van der Waals surface area (Å²) in [6, 6.07) is 5.32. The van der Waals surface area contributed by atoms with Gasteiger partial charge in [0, 0.05) is 22.9 Å². The molecule has 2 aliphatic heterocycles. The quantitative estimate of drug-likeness (QED) is 0.588. The van der Waals surface area contributed by atoms with Crippen molar-refractivity contribution < 1.29 is 18.4 Å². The molecule has 3 aliphatic rings. The van der Waals surface area contributed by atoms with Crippen molar-refractivity contribution in [2.24, 2.45) is 5.92 Å². The number of aromatic nitrogens is 3. The lowest BCUT2D eigenvalue weighted by Crippen LogP contribution is -2.15. The number of hydrogen-bond donors (Lipinski definition) is 2. The summed E-state index contributed by atoms with van der Waals surface area (Å²) in [5.74, 6) is 1.37. The van der Waals surface area contributed by atoms with E-state index in [4.69, 9.17) is 4.74 Å². The lowest BCUT2D eigenvalue weighted by atomic mass is 10.0. The normalized spacial score (nSPS) is 14.4. The highest BCUT2D eigenvalue weighted by Gasteiger charge is 2.25. The first-order valence-electron chi connectivity index (χ1n) is 9.18. The zero-order valence-electron chi connectivity index (χ0n) is 15.7. The summed E-state index contributed by atoms with van der Waals surface area (Å²) in [4.78, 5) is 8.59. The number of aryl methyl sites for hydroxylation is 1. The molecular weight excluding hydrogens is 380 g/mol. The predicted molar refractivity (Wildman–Crippen MR) is 105 cm³/mol. The van der Waals surface area contributed by atoms with E-state index in [-0.39, 0.29) is 5.75 Å². The minimum absolute atomic E-state index is 0.0335. The second-order valence-electron chi connectivity index (χ2n) is 7.03. The zero-order chi connectivity index (χ0) is 19.9.